The number of carboxylic acids is 1. The smallest absolute Gasteiger partial charge is 0.486 e. The number of amides is 1. The summed E-state index contributed by atoms with van der Waals surface area (Å²) in [7, 11) is 1.52. The van der Waals surface area contributed by atoms with Crippen molar-refractivity contribution >= 4 is 11.9 Å². The van der Waals surface area contributed by atoms with E-state index in [4.69, 9.17) is 24.1 Å². The van der Waals surface area contributed by atoms with Crippen molar-refractivity contribution in [3.8, 4) is 11.6 Å². The third kappa shape index (κ3) is 6.09. The van der Waals surface area contributed by atoms with Gasteiger partial charge in [-0.15, -0.1) is 0 Å². The minimum atomic E-state index is -5.08. The normalized spacial score (nSPS) is 21.9. The number of rotatable bonds is 4. The van der Waals surface area contributed by atoms with Gasteiger partial charge in [-0.1, -0.05) is 0 Å². The highest BCUT2D eigenvalue weighted by atomic mass is 19.4. The summed E-state index contributed by atoms with van der Waals surface area (Å²) >= 11 is 0. The highest BCUT2D eigenvalue weighted by Crippen LogP contribution is 2.37. The summed E-state index contributed by atoms with van der Waals surface area (Å²) in [6.07, 6.45) is 1.48. The Morgan fingerprint density at radius 3 is 2.64 bits per heavy atom. The Hall–Kier alpha value is -3.41. The molecule has 2 aromatic rings. The topological polar surface area (TPSA) is 111 Å². The lowest BCUT2D eigenvalue weighted by Crippen LogP contribution is -2.36. The molecule has 2 aliphatic heterocycles. The van der Waals surface area contributed by atoms with Crippen LogP contribution in [0.15, 0.2) is 42.9 Å². The summed E-state index contributed by atoms with van der Waals surface area (Å²) < 4.78 is 49.0. The van der Waals surface area contributed by atoms with Crippen molar-refractivity contribution in [2.45, 2.75) is 30.7 Å². The minimum absolute atomic E-state index is 0.0258. The van der Waals surface area contributed by atoms with E-state index in [2.05, 4.69) is 9.97 Å². The van der Waals surface area contributed by atoms with Crippen LogP contribution in [0.4, 0.5) is 13.2 Å². The summed E-state index contributed by atoms with van der Waals surface area (Å²) in [6.45, 7) is 1.72. The molecule has 178 valence electrons. The van der Waals surface area contributed by atoms with Crippen molar-refractivity contribution < 1.29 is 42.1 Å². The number of halogens is 3. The maximum atomic E-state index is 12.9. The van der Waals surface area contributed by atoms with E-state index in [1.165, 1.54) is 7.11 Å². The van der Waals surface area contributed by atoms with Crippen molar-refractivity contribution in [1.29, 1.82) is 0 Å². The standard InChI is InChI=1S/C19H21N3O4.C2HF3O2/c1-24-17-16(5-3-8-21-17)18(23)22-9-6-19(13-22)10-15(12-25-19)26-14-4-2-7-20-11-14;3-2(4,5)1(6)7/h2-5,7-8,11,15H,6,9-10,12-13H2,1H3;(H,6,7)/t15-,19-;/m0./s1. The van der Waals surface area contributed by atoms with E-state index in [-0.39, 0.29) is 17.6 Å². The Balaban J connectivity index is 0.000000383. The second-order valence-electron chi connectivity index (χ2n) is 7.47. The van der Waals surface area contributed by atoms with E-state index >= 15 is 0 Å². The van der Waals surface area contributed by atoms with E-state index in [9.17, 15) is 18.0 Å². The maximum Gasteiger partial charge on any atom is 0.490 e. The van der Waals surface area contributed by atoms with Gasteiger partial charge in [-0.25, -0.2) is 9.78 Å². The van der Waals surface area contributed by atoms with Crippen LogP contribution in [0.25, 0.3) is 0 Å². The Morgan fingerprint density at radius 2 is 2.00 bits per heavy atom. The van der Waals surface area contributed by atoms with Crippen molar-refractivity contribution in [2.75, 3.05) is 26.8 Å². The molecule has 1 N–H and O–H groups in total. The van der Waals surface area contributed by atoms with Gasteiger partial charge in [-0.2, -0.15) is 13.2 Å². The van der Waals surface area contributed by atoms with Gasteiger partial charge in [0.15, 0.2) is 0 Å². The number of carboxylic acid groups (broad SMARTS) is 1. The highest BCUT2D eigenvalue weighted by molar-refractivity contribution is 5.96. The first-order chi connectivity index (χ1) is 15.6. The maximum absolute atomic E-state index is 12.9. The summed E-state index contributed by atoms with van der Waals surface area (Å²) in [6, 6.07) is 7.21. The van der Waals surface area contributed by atoms with Crippen molar-refractivity contribution in [3.63, 3.8) is 0 Å². The zero-order chi connectivity index (χ0) is 24.1. The number of aliphatic carboxylic acids is 1. The van der Waals surface area contributed by atoms with Gasteiger partial charge >= 0.3 is 12.1 Å². The predicted octanol–water partition coefficient (Wildman–Crippen LogP) is 2.57. The number of pyridine rings is 2. The van der Waals surface area contributed by atoms with E-state index in [0.29, 0.717) is 31.1 Å². The molecule has 0 radical (unpaired) electrons. The Labute approximate surface area is 187 Å². The van der Waals surface area contributed by atoms with Crippen LogP contribution in [0.5, 0.6) is 11.6 Å². The molecule has 12 heteroatoms. The number of hydrogen-bond donors (Lipinski definition) is 1. The third-order valence-electron chi connectivity index (χ3n) is 5.15. The zero-order valence-corrected chi connectivity index (χ0v) is 17.6. The van der Waals surface area contributed by atoms with Crippen molar-refractivity contribution in [1.82, 2.24) is 14.9 Å². The average Bonchev–Trinajstić information content (AvgIpc) is 3.40. The number of carbonyl (C=O) groups is 2. The van der Waals surface area contributed by atoms with Gasteiger partial charge in [-0.3, -0.25) is 9.78 Å². The summed E-state index contributed by atoms with van der Waals surface area (Å²) in [5.74, 6) is -1.74. The monoisotopic (exact) mass is 469 g/mol. The third-order valence-corrected chi connectivity index (χ3v) is 5.15. The molecule has 0 unspecified atom stereocenters. The fourth-order valence-electron chi connectivity index (χ4n) is 3.68. The molecule has 33 heavy (non-hydrogen) atoms. The molecule has 1 spiro atoms. The average molecular weight is 469 g/mol. The van der Waals surface area contributed by atoms with Crippen LogP contribution in [0, 0.1) is 0 Å². The summed E-state index contributed by atoms with van der Waals surface area (Å²) in [4.78, 5) is 31.7. The quantitative estimate of drug-likeness (QED) is 0.728. The first-order valence-corrected chi connectivity index (χ1v) is 9.92. The number of ether oxygens (including phenoxy) is 3. The van der Waals surface area contributed by atoms with Gasteiger partial charge < -0.3 is 24.2 Å². The van der Waals surface area contributed by atoms with Gasteiger partial charge in [0, 0.05) is 25.4 Å². The Kier molecular flexibility index (Phi) is 7.36. The van der Waals surface area contributed by atoms with Gasteiger partial charge in [0.05, 0.1) is 32.1 Å². The number of carbonyl (C=O) groups excluding carboxylic acids is 1. The molecular weight excluding hydrogens is 447 g/mol. The molecule has 0 bridgehead atoms. The molecule has 2 saturated heterocycles. The second kappa shape index (κ2) is 10.0. The van der Waals surface area contributed by atoms with E-state index in [1.54, 1.807) is 30.7 Å². The van der Waals surface area contributed by atoms with Gasteiger partial charge in [0.2, 0.25) is 5.88 Å². The molecule has 0 aliphatic carbocycles. The predicted molar refractivity (Wildman–Crippen MR) is 107 cm³/mol. The molecule has 2 aromatic heterocycles. The van der Waals surface area contributed by atoms with Crippen LogP contribution in [-0.2, 0) is 9.53 Å². The largest absolute Gasteiger partial charge is 0.490 e. The first-order valence-electron chi connectivity index (χ1n) is 9.92. The van der Waals surface area contributed by atoms with Crippen LogP contribution in [0.2, 0.25) is 0 Å². The van der Waals surface area contributed by atoms with Gasteiger partial charge in [0.1, 0.15) is 17.4 Å². The lowest BCUT2D eigenvalue weighted by Gasteiger charge is -2.23. The number of aromatic nitrogens is 2. The molecular formula is C21H22F3N3O6. The van der Waals surface area contributed by atoms with E-state index in [1.807, 2.05) is 17.0 Å². The zero-order valence-electron chi connectivity index (χ0n) is 17.6. The molecule has 2 atom stereocenters. The Bertz CT molecular complexity index is 975. The first kappa shape index (κ1) is 24.2. The summed E-state index contributed by atoms with van der Waals surface area (Å²) in [5.41, 5.74) is 0.144. The molecule has 1 amide bonds. The number of methoxy groups -OCH3 is 1. The number of alkyl halides is 3. The van der Waals surface area contributed by atoms with Crippen LogP contribution in [-0.4, -0.2) is 76.5 Å². The lowest BCUT2D eigenvalue weighted by atomic mass is 9.98. The van der Waals surface area contributed by atoms with Gasteiger partial charge in [0.25, 0.3) is 5.91 Å². The van der Waals surface area contributed by atoms with Crippen molar-refractivity contribution in [2.24, 2.45) is 0 Å². The molecule has 2 fully saturated rings. The van der Waals surface area contributed by atoms with Crippen LogP contribution in [0.3, 0.4) is 0 Å². The van der Waals surface area contributed by atoms with E-state index in [0.717, 1.165) is 18.6 Å². The number of likely N-dealkylation sites (tertiary alicyclic amines) is 1. The fourth-order valence-corrected chi connectivity index (χ4v) is 3.68. The molecule has 4 rings (SSSR count). The number of nitrogens with zero attached hydrogens (tertiary/aromatic N) is 3. The molecule has 0 saturated carbocycles. The van der Waals surface area contributed by atoms with E-state index < -0.39 is 12.1 Å². The SMILES string of the molecule is COc1ncccc1C(=O)N1CC[C@]2(C[C@H](Oc3cccnc3)CO2)C1.O=C(O)C(F)(F)F. The molecule has 2 aliphatic rings. The second-order valence-corrected chi connectivity index (χ2v) is 7.47. The molecule has 9 nitrogen and oxygen atoms in total. The minimum Gasteiger partial charge on any atom is -0.486 e. The summed E-state index contributed by atoms with van der Waals surface area (Å²) in [5, 5.41) is 7.12. The van der Waals surface area contributed by atoms with Crippen LogP contribution < -0.4 is 9.47 Å². The Morgan fingerprint density at radius 1 is 1.27 bits per heavy atom. The molecule has 0 aromatic carbocycles. The van der Waals surface area contributed by atoms with Gasteiger partial charge in [-0.05, 0) is 30.7 Å². The van der Waals surface area contributed by atoms with Crippen LogP contribution >= 0.6 is 0 Å². The fraction of sp³-hybridized carbons (Fsp3) is 0.429. The van der Waals surface area contributed by atoms with Crippen LogP contribution in [0.1, 0.15) is 23.2 Å². The molecule has 4 heterocycles. The lowest BCUT2D eigenvalue weighted by molar-refractivity contribution is -0.192. The highest BCUT2D eigenvalue weighted by Gasteiger charge is 2.48. The van der Waals surface area contributed by atoms with Crippen molar-refractivity contribution in [3.05, 3.63) is 48.4 Å². The number of hydrogen-bond acceptors (Lipinski definition) is 7.